The van der Waals surface area contributed by atoms with Crippen molar-refractivity contribution in [3.63, 3.8) is 0 Å². The Morgan fingerprint density at radius 3 is 3.00 bits per heavy atom. The SMILES string of the molecule is [N-]=[N+]=C1CC=C2CCc3cccc1c32. The molecule has 0 saturated carbocycles. The zero-order valence-corrected chi connectivity index (χ0v) is 7.83. The molecule has 0 atom stereocenters. The van der Waals surface area contributed by atoms with Gasteiger partial charge in [-0.05, 0) is 35.6 Å². The molecule has 68 valence electrons. The van der Waals surface area contributed by atoms with Crippen molar-refractivity contribution < 1.29 is 4.79 Å². The van der Waals surface area contributed by atoms with E-state index in [1.807, 2.05) is 12.1 Å². The van der Waals surface area contributed by atoms with Crippen molar-refractivity contribution in [3.8, 4) is 0 Å². The summed E-state index contributed by atoms with van der Waals surface area (Å²) in [4.78, 5) is 3.36. The lowest BCUT2D eigenvalue weighted by Crippen LogP contribution is -2.08. The predicted octanol–water partition coefficient (Wildman–Crippen LogP) is 2.44. The van der Waals surface area contributed by atoms with Gasteiger partial charge in [-0.3, -0.25) is 0 Å². The minimum atomic E-state index is 0.766. The molecule has 14 heavy (non-hydrogen) atoms. The van der Waals surface area contributed by atoms with Crippen molar-refractivity contribution >= 4 is 11.3 Å². The predicted molar refractivity (Wildman–Crippen MR) is 55.1 cm³/mol. The van der Waals surface area contributed by atoms with Crippen LogP contribution in [0.2, 0.25) is 0 Å². The van der Waals surface area contributed by atoms with Crippen molar-refractivity contribution in [1.82, 2.24) is 0 Å². The van der Waals surface area contributed by atoms with Gasteiger partial charge in [0.15, 0.2) is 0 Å². The maximum Gasteiger partial charge on any atom is 0.303 e. The Hall–Kier alpha value is -1.66. The van der Waals surface area contributed by atoms with Crippen LogP contribution in [-0.2, 0) is 6.42 Å². The van der Waals surface area contributed by atoms with Crippen molar-refractivity contribution in [2.24, 2.45) is 0 Å². The summed E-state index contributed by atoms with van der Waals surface area (Å²) in [6.45, 7) is 0. The first kappa shape index (κ1) is 7.72. The van der Waals surface area contributed by atoms with Crippen LogP contribution in [0.3, 0.4) is 0 Å². The molecule has 1 aromatic carbocycles. The molecule has 2 nitrogen and oxygen atoms in total. The molecule has 0 N–H and O–H groups in total. The Morgan fingerprint density at radius 2 is 2.14 bits per heavy atom. The van der Waals surface area contributed by atoms with Crippen molar-refractivity contribution in [3.05, 3.63) is 46.5 Å². The molecule has 0 bridgehead atoms. The molecule has 0 spiro atoms. The normalized spacial score (nSPS) is 17.4. The first-order chi connectivity index (χ1) is 6.90. The van der Waals surface area contributed by atoms with Gasteiger partial charge < -0.3 is 5.53 Å². The van der Waals surface area contributed by atoms with Gasteiger partial charge in [0, 0.05) is 0 Å². The first-order valence-corrected chi connectivity index (χ1v) is 4.93. The van der Waals surface area contributed by atoms with Crippen molar-refractivity contribution in [1.29, 1.82) is 0 Å². The highest BCUT2D eigenvalue weighted by Crippen LogP contribution is 2.38. The summed E-state index contributed by atoms with van der Waals surface area (Å²) >= 11 is 0. The Labute approximate surface area is 82.5 Å². The fraction of sp³-hybridized carbons (Fsp3) is 0.250. The summed E-state index contributed by atoms with van der Waals surface area (Å²) < 4.78 is 0. The van der Waals surface area contributed by atoms with E-state index in [4.69, 9.17) is 5.53 Å². The number of hydrogen-bond acceptors (Lipinski definition) is 0. The van der Waals surface area contributed by atoms with Gasteiger partial charge in [-0.15, -0.1) is 0 Å². The summed E-state index contributed by atoms with van der Waals surface area (Å²) in [7, 11) is 0. The molecule has 2 aliphatic rings. The van der Waals surface area contributed by atoms with Crippen LogP contribution in [-0.4, -0.2) is 10.5 Å². The minimum Gasteiger partial charge on any atom is -0.361 e. The Morgan fingerprint density at radius 1 is 1.21 bits per heavy atom. The van der Waals surface area contributed by atoms with E-state index in [1.54, 1.807) is 0 Å². The maximum atomic E-state index is 8.89. The van der Waals surface area contributed by atoms with Gasteiger partial charge in [0.25, 0.3) is 0 Å². The van der Waals surface area contributed by atoms with Crippen molar-refractivity contribution in [2.45, 2.75) is 19.3 Å². The minimum absolute atomic E-state index is 0.766. The number of benzene rings is 1. The van der Waals surface area contributed by atoms with Crippen LogP contribution in [0.1, 0.15) is 29.5 Å². The van der Waals surface area contributed by atoms with Crippen LogP contribution in [0.25, 0.3) is 11.1 Å². The van der Waals surface area contributed by atoms with Crippen LogP contribution in [0.5, 0.6) is 0 Å². The second kappa shape index (κ2) is 2.66. The molecular formula is C12H10N2. The standard InChI is InChI=1S/C12H10N2/c13-14-11-7-6-9-5-4-8-2-1-3-10(11)12(8)9/h1-3,6H,4-5,7H2. The van der Waals surface area contributed by atoms with E-state index in [2.05, 4.69) is 16.9 Å². The Balaban J connectivity index is 2.38. The molecule has 3 rings (SSSR count). The van der Waals surface area contributed by atoms with Gasteiger partial charge in [0.1, 0.15) is 0 Å². The monoisotopic (exact) mass is 182 g/mol. The zero-order chi connectivity index (χ0) is 9.54. The van der Waals surface area contributed by atoms with E-state index in [0.717, 1.165) is 30.5 Å². The fourth-order valence-electron chi connectivity index (χ4n) is 2.45. The zero-order valence-electron chi connectivity index (χ0n) is 7.83. The number of rotatable bonds is 0. The fourth-order valence-corrected chi connectivity index (χ4v) is 2.45. The highest BCUT2D eigenvalue weighted by Gasteiger charge is 2.28. The molecule has 0 amide bonds. The molecule has 1 aromatic rings. The molecule has 0 unspecified atom stereocenters. The molecule has 2 heteroatoms. The van der Waals surface area contributed by atoms with Gasteiger partial charge >= 0.3 is 5.71 Å². The number of nitrogens with zero attached hydrogens (tertiary/aromatic N) is 2. The van der Waals surface area contributed by atoms with Crippen LogP contribution < -0.4 is 0 Å². The first-order valence-electron chi connectivity index (χ1n) is 4.93. The van der Waals surface area contributed by atoms with E-state index in [9.17, 15) is 0 Å². The molecular weight excluding hydrogens is 172 g/mol. The Kier molecular flexibility index (Phi) is 1.47. The highest BCUT2D eigenvalue weighted by molar-refractivity contribution is 6.06. The molecule has 2 aliphatic carbocycles. The summed E-state index contributed by atoms with van der Waals surface area (Å²) in [5.74, 6) is 0. The van der Waals surface area contributed by atoms with Gasteiger partial charge in [-0.25, -0.2) is 0 Å². The lowest BCUT2D eigenvalue weighted by Gasteiger charge is -2.10. The number of allylic oxidation sites excluding steroid dienone is 2. The lowest BCUT2D eigenvalue weighted by atomic mass is 9.90. The third kappa shape index (κ3) is 0.862. The van der Waals surface area contributed by atoms with Crippen LogP contribution >= 0.6 is 0 Å². The smallest absolute Gasteiger partial charge is 0.303 e. The van der Waals surface area contributed by atoms with Gasteiger partial charge in [-0.2, -0.15) is 4.79 Å². The van der Waals surface area contributed by atoms with Gasteiger partial charge in [-0.1, -0.05) is 18.2 Å². The van der Waals surface area contributed by atoms with E-state index in [-0.39, 0.29) is 0 Å². The molecule has 0 heterocycles. The number of aryl methyl sites for hydroxylation is 1. The summed E-state index contributed by atoms with van der Waals surface area (Å²) in [5.41, 5.74) is 15.0. The maximum absolute atomic E-state index is 8.89. The van der Waals surface area contributed by atoms with Crippen LogP contribution in [0.15, 0.2) is 24.3 Å². The van der Waals surface area contributed by atoms with Crippen LogP contribution in [0, 0.1) is 0 Å². The van der Waals surface area contributed by atoms with E-state index in [0.29, 0.717) is 0 Å². The quantitative estimate of drug-likeness (QED) is 0.436. The molecule has 0 fully saturated rings. The number of hydrogen-bond donors (Lipinski definition) is 0. The third-order valence-electron chi connectivity index (χ3n) is 3.11. The van der Waals surface area contributed by atoms with E-state index < -0.39 is 0 Å². The van der Waals surface area contributed by atoms with E-state index >= 15 is 0 Å². The summed E-state index contributed by atoms with van der Waals surface area (Å²) in [6.07, 6.45) is 5.23. The average Bonchev–Trinajstić information content (AvgIpc) is 2.65. The molecule has 0 aromatic heterocycles. The molecule has 0 radical (unpaired) electrons. The van der Waals surface area contributed by atoms with Crippen LogP contribution in [0.4, 0.5) is 0 Å². The third-order valence-corrected chi connectivity index (χ3v) is 3.11. The van der Waals surface area contributed by atoms with E-state index in [1.165, 1.54) is 16.7 Å². The second-order valence-corrected chi connectivity index (χ2v) is 3.82. The molecule has 0 aliphatic heterocycles. The van der Waals surface area contributed by atoms with Gasteiger partial charge in [0.2, 0.25) is 0 Å². The van der Waals surface area contributed by atoms with Gasteiger partial charge in [0.05, 0.1) is 12.0 Å². The Bertz CT molecular complexity index is 491. The van der Waals surface area contributed by atoms with Crippen molar-refractivity contribution in [2.75, 3.05) is 0 Å². The topological polar surface area (TPSA) is 36.4 Å². The average molecular weight is 182 g/mol. The highest BCUT2D eigenvalue weighted by atomic mass is 14.9. The largest absolute Gasteiger partial charge is 0.361 e. The second-order valence-electron chi connectivity index (χ2n) is 3.82. The lowest BCUT2D eigenvalue weighted by molar-refractivity contribution is -0.00609. The summed E-state index contributed by atoms with van der Waals surface area (Å²) in [6, 6.07) is 6.26. The summed E-state index contributed by atoms with van der Waals surface area (Å²) in [5, 5.41) is 0. The molecule has 0 saturated heterocycles.